The van der Waals surface area contributed by atoms with Gasteiger partial charge in [-0.1, -0.05) is 6.42 Å². The Bertz CT molecular complexity index is 416. The third kappa shape index (κ3) is 1.82. The molecule has 0 aromatic rings. The molecule has 0 aliphatic heterocycles. The fourth-order valence-corrected chi connectivity index (χ4v) is 6.00. The Balaban J connectivity index is 1.60. The molecular formula is C17H28O3. The van der Waals surface area contributed by atoms with Crippen LogP contribution >= 0.6 is 0 Å². The van der Waals surface area contributed by atoms with Crippen LogP contribution in [0, 0.1) is 35.5 Å². The maximum absolute atomic E-state index is 10.8. The van der Waals surface area contributed by atoms with Crippen molar-refractivity contribution in [3.05, 3.63) is 0 Å². The molecule has 0 radical (unpaired) electrons. The van der Waals surface area contributed by atoms with Crippen LogP contribution in [0.1, 0.15) is 52.4 Å². The van der Waals surface area contributed by atoms with E-state index >= 15 is 0 Å². The second-order valence-corrected chi connectivity index (χ2v) is 8.57. The zero-order valence-electron chi connectivity index (χ0n) is 12.6. The van der Waals surface area contributed by atoms with Gasteiger partial charge in [-0.15, -0.1) is 0 Å². The third-order valence-electron chi connectivity index (χ3n) is 7.11. The van der Waals surface area contributed by atoms with Gasteiger partial charge in [0.05, 0.1) is 17.3 Å². The number of rotatable bonds is 0. The molecule has 0 heterocycles. The number of fused-ring (bicyclic) bond motifs is 3. The molecule has 9 atom stereocenters. The van der Waals surface area contributed by atoms with E-state index in [0.29, 0.717) is 41.9 Å². The standard InChI is InChI=1S/C17H28O3/c1-16(19)6-3-4-9-14-13(12(18)5-7-16)10-8-11(10)17(2,20)15(9)14/h9-15,18-20H,3-8H2,1-2H3/t9?,10?,11?,12?,13?,14?,15-,16?,17?/m0/s1. The van der Waals surface area contributed by atoms with Gasteiger partial charge in [0.2, 0.25) is 0 Å². The topological polar surface area (TPSA) is 60.7 Å². The van der Waals surface area contributed by atoms with Gasteiger partial charge in [0.15, 0.2) is 0 Å². The summed E-state index contributed by atoms with van der Waals surface area (Å²) in [5.74, 6) is 2.90. The van der Waals surface area contributed by atoms with E-state index in [1.165, 1.54) is 0 Å². The molecule has 0 amide bonds. The minimum atomic E-state index is -0.623. The van der Waals surface area contributed by atoms with E-state index in [0.717, 1.165) is 32.1 Å². The number of aliphatic hydroxyl groups excluding tert-OH is 1. The van der Waals surface area contributed by atoms with Gasteiger partial charge in [0.25, 0.3) is 0 Å². The summed E-state index contributed by atoms with van der Waals surface area (Å²) in [6, 6.07) is 0. The molecule has 3 nitrogen and oxygen atoms in total. The first-order valence-electron chi connectivity index (χ1n) is 8.46. The van der Waals surface area contributed by atoms with E-state index in [-0.39, 0.29) is 6.10 Å². The highest BCUT2D eigenvalue weighted by molar-refractivity contribution is 5.22. The fraction of sp³-hybridized carbons (Fsp3) is 1.00. The summed E-state index contributed by atoms with van der Waals surface area (Å²) in [6.07, 6.45) is 5.26. The molecule has 3 heteroatoms. The largest absolute Gasteiger partial charge is 0.393 e. The van der Waals surface area contributed by atoms with Gasteiger partial charge >= 0.3 is 0 Å². The molecule has 4 fully saturated rings. The van der Waals surface area contributed by atoms with Crippen molar-refractivity contribution in [2.24, 2.45) is 35.5 Å². The molecule has 114 valence electrons. The SMILES string of the molecule is CC1(O)CCCC2C3C(C(O)CC1)C1CC1C(C)(O)[C@@H]23. The molecule has 0 saturated heterocycles. The van der Waals surface area contributed by atoms with E-state index in [9.17, 15) is 15.3 Å². The maximum atomic E-state index is 10.8. The van der Waals surface area contributed by atoms with Gasteiger partial charge in [0.1, 0.15) is 0 Å². The summed E-state index contributed by atoms with van der Waals surface area (Å²) in [5, 5.41) is 31.8. The van der Waals surface area contributed by atoms with E-state index in [1.807, 2.05) is 13.8 Å². The zero-order valence-corrected chi connectivity index (χ0v) is 12.6. The lowest BCUT2D eigenvalue weighted by atomic mass is 9.76. The molecule has 4 aliphatic carbocycles. The van der Waals surface area contributed by atoms with Crippen molar-refractivity contribution in [1.29, 1.82) is 0 Å². The summed E-state index contributed by atoms with van der Waals surface area (Å²) in [7, 11) is 0. The summed E-state index contributed by atoms with van der Waals surface area (Å²) in [6.45, 7) is 3.95. The van der Waals surface area contributed by atoms with E-state index in [1.54, 1.807) is 0 Å². The molecule has 4 rings (SSSR count). The van der Waals surface area contributed by atoms with Crippen LogP contribution in [-0.2, 0) is 0 Å². The van der Waals surface area contributed by atoms with Crippen LogP contribution in [0.3, 0.4) is 0 Å². The van der Waals surface area contributed by atoms with Gasteiger partial charge in [0, 0.05) is 0 Å². The Morgan fingerprint density at radius 1 is 0.950 bits per heavy atom. The third-order valence-corrected chi connectivity index (χ3v) is 7.11. The Kier molecular flexibility index (Phi) is 2.70. The quantitative estimate of drug-likeness (QED) is 0.635. The van der Waals surface area contributed by atoms with Crippen molar-refractivity contribution in [3.63, 3.8) is 0 Å². The molecule has 3 N–H and O–H groups in total. The smallest absolute Gasteiger partial charge is 0.0684 e. The second kappa shape index (κ2) is 3.99. The molecule has 20 heavy (non-hydrogen) atoms. The van der Waals surface area contributed by atoms with Gasteiger partial charge in [-0.3, -0.25) is 0 Å². The van der Waals surface area contributed by atoms with Crippen molar-refractivity contribution in [3.8, 4) is 0 Å². The van der Waals surface area contributed by atoms with Crippen LogP contribution in [0.2, 0.25) is 0 Å². The molecule has 0 spiro atoms. The van der Waals surface area contributed by atoms with Crippen LogP contribution in [-0.4, -0.2) is 32.6 Å². The van der Waals surface area contributed by atoms with Gasteiger partial charge in [-0.05, 0) is 81.5 Å². The van der Waals surface area contributed by atoms with Crippen LogP contribution < -0.4 is 0 Å². The minimum absolute atomic E-state index is 0.275. The van der Waals surface area contributed by atoms with Crippen molar-refractivity contribution in [2.75, 3.05) is 0 Å². The van der Waals surface area contributed by atoms with Gasteiger partial charge in [-0.25, -0.2) is 0 Å². The Labute approximate surface area is 121 Å². The van der Waals surface area contributed by atoms with E-state index in [2.05, 4.69) is 0 Å². The van der Waals surface area contributed by atoms with Crippen LogP contribution in [0.4, 0.5) is 0 Å². The normalized spacial score (nSPS) is 65.0. The summed E-state index contributed by atoms with van der Waals surface area (Å²) in [5.41, 5.74) is -1.12. The summed E-state index contributed by atoms with van der Waals surface area (Å²) in [4.78, 5) is 0. The lowest BCUT2D eigenvalue weighted by molar-refractivity contribution is -0.0456. The monoisotopic (exact) mass is 280 g/mol. The fourth-order valence-electron chi connectivity index (χ4n) is 6.00. The predicted molar refractivity (Wildman–Crippen MR) is 75.9 cm³/mol. The first-order valence-corrected chi connectivity index (χ1v) is 8.46. The Morgan fingerprint density at radius 2 is 1.70 bits per heavy atom. The predicted octanol–water partition coefficient (Wildman–Crippen LogP) is 1.94. The van der Waals surface area contributed by atoms with Crippen LogP contribution in [0.15, 0.2) is 0 Å². The van der Waals surface area contributed by atoms with Crippen LogP contribution in [0.25, 0.3) is 0 Å². The van der Waals surface area contributed by atoms with E-state index < -0.39 is 11.2 Å². The molecule has 4 aliphatic rings. The first kappa shape index (κ1) is 13.5. The average Bonchev–Trinajstić information content (AvgIpc) is 3.21. The Hall–Kier alpha value is -0.120. The van der Waals surface area contributed by atoms with Crippen molar-refractivity contribution in [1.82, 2.24) is 0 Å². The second-order valence-electron chi connectivity index (χ2n) is 8.57. The lowest BCUT2D eigenvalue weighted by Crippen LogP contribution is -2.40. The Morgan fingerprint density at radius 3 is 2.45 bits per heavy atom. The average molecular weight is 280 g/mol. The van der Waals surface area contributed by atoms with Crippen molar-refractivity contribution >= 4 is 0 Å². The van der Waals surface area contributed by atoms with Gasteiger partial charge < -0.3 is 15.3 Å². The molecule has 0 aromatic carbocycles. The van der Waals surface area contributed by atoms with Crippen molar-refractivity contribution < 1.29 is 15.3 Å². The van der Waals surface area contributed by atoms with Crippen molar-refractivity contribution in [2.45, 2.75) is 69.7 Å². The summed E-state index contributed by atoms with van der Waals surface area (Å²) < 4.78 is 0. The van der Waals surface area contributed by atoms with Crippen LogP contribution in [0.5, 0.6) is 0 Å². The molecule has 0 aromatic heterocycles. The highest BCUT2D eigenvalue weighted by atomic mass is 16.3. The molecule has 4 saturated carbocycles. The van der Waals surface area contributed by atoms with E-state index in [4.69, 9.17) is 0 Å². The molecule has 8 unspecified atom stereocenters. The molecule has 0 bridgehead atoms. The minimum Gasteiger partial charge on any atom is -0.393 e. The van der Waals surface area contributed by atoms with Gasteiger partial charge in [-0.2, -0.15) is 0 Å². The first-order chi connectivity index (χ1) is 9.33. The zero-order chi connectivity index (χ0) is 14.3. The number of hydrogen-bond donors (Lipinski definition) is 3. The lowest BCUT2D eigenvalue weighted by Gasteiger charge is -2.35. The number of hydrogen-bond acceptors (Lipinski definition) is 3. The summed E-state index contributed by atoms with van der Waals surface area (Å²) >= 11 is 0. The number of aliphatic hydroxyl groups is 3. The maximum Gasteiger partial charge on any atom is 0.0684 e. The highest BCUT2D eigenvalue weighted by Gasteiger charge is 2.74. The highest BCUT2D eigenvalue weighted by Crippen LogP contribution is 2.74. The molecular weight excluding hydrogens is 252 g/mol.